The van der Waals surface area contributed by atoms with Gasteiger partial charge in [-0.1, -0.05) is 12.2 Å². The third-order valence-corrected chi connectivity index (χ3v) is 4.07. The van der Waals surface area contributed by atoms with Crippen LogP contribution in [0.25, 0.3) is 0 Å². The van der Waals surface area contributed by atoms with E-state index in [1.807, 2.05) is 0 Å². The minimum Gasteiger partial charge on any atom is -0.286 e. The van der Waals surface area contributed by atoms with Gasteiger partial charge in [-0.05, 0) is 39.0 Å². The molecule has 1 aliphatic carbocycles. The van der Waals surface area contributed by atoms with Crippen molar-refractivity contribution in [2.24, 2.45) is 16.8 Å². The molecule has 0 unspecified atom stereocenters. The van der Waals surface area contributed by atoms with Crippen LogP contribution in [0.1, 0.15) is 33.1 Å². The van der Waals surface area contributed by atoms with E-state index in [1.54, 1.807) is 0 Å². The summed E-state index contributed by atoms with van der Waals surface area (Å²) < 4.78 is 0. The lowest BCUT2D eigenvalue weighted by Crippen LogP contribution is -2.42. The lowest BCUT2D eigenvalue weighted by Gasteiger charge is -2.44. The molecule has 2 bridgehead atoms. The highest BCUT2D eigenvalue weighted by atomic mass is 35.5. The van der Waals surface area contributed by atoms with Gasteiger partial charge >= 0.3 is 0 Å². The van der Waals surface area contributed by atoms with Crippen molar-refractivity contribution in [3.05, 3.63) is 12.2 Å². The first-order valence-corrected chi connectivity index (χ1v) is 5.90. The molecule has 2 aliphatic rings. The molecule has 1 nitrogen and oxygen atoms in total. The van der Waals surface area contributed by atoms with E-state index in [-0.39, 0.29) is 5.54 Å². The Kier molecular flexibility index (Phi) is 2.46. The molecular formula is C12H18ClN. The summed E-state index contributed by atoms with van der Waals surface area (Å²) in [7, 11) is 0. The minimum absolute atomic E-state index is 0.0986. The fraction of sp³-hybridized carbons (Fsp3) is 0.750. The summed E-state index contributed by atoms with van der Waals surface area (Å²) in [6, 6.07) is 0. The van der Waals surface area contributed by atoms with Crippen molar-refractivity contribution in [1.82, 2.24) is 0 Å². The lowest BCUT2D eigenvalue weighted by molar-refractivity contribution is 0.231. The van der Waals surface area contributed by atoms with E-state index in [0.29, 0.717) is 11.8 Å². The van der Waals surface area contributed by atoms with Crippen LogP contribution >= 0.6 is 11.6 Å². The maximum Gasteiger partial charge on any atom is 0.0610 e. The van der Waals surface area contributed by atoms with Crippen LogP contribution in [0.2, 0.25) is 0 Å². The van der Waals surface area contributed by atoms with Gasteiger partial charge in [0.1, 0.15) is 0 Å². The number of fused-ring (bicyclic) bond motifs is 2. The highest BCUT2D eigenvalue weighted by Gasteiger charge is 2.40. The molecule has 1 saturated carbocycles. The van der Waals surface area contributed by atoms with E-state index in [1.165, 1.54) is 18.4 Å². The molecule has 2 rings (SSSR count). The first-order chi connectivity index (χ1) is 6.54. The number of halogens is 1. The van der Waals surface area contributed by atoms with Crippen LogP contribution in [0.3, 0.4) is 0 Å². The second kappa shape index (κ2) is 3.37. The van der Waals surface area contributed by atoms with Crippen LogP contribution in [-0.4, -0.2) is 17.1 Å². The van der Waals surface area contributed by atoms with Gasteiger partial charge in [0.15, 0.2) is 0 Å². The molecule has 2 atom stereocenters. The molecule has 0 saturated heterocycles. The van der Waals surface area contributed by atoms with Crippen molar-refractivity contribution in [2.75, 3.05) is 5.88 Å². The van der Waals surface area contributed by atoms with Crippen LogP contribution in [0.15, 0.2) is 17.1 Å². The summed E-state index contributed by atoms with van der Waals surface area (Å²) >= 11 is 5.95. The Labute approximate surface area is 91.3 Å². The third kappa shape index (κ3) is 1.52. The molecule has 78 valence electrons. The predicted octanol–water partition coefficient (Wildman–Crippen LogP) is 3.43. The van der Waals surface area contributed by atoms with Crippen LogP contribution in [0.5, 0.6) is 0 Å². The molecule has 0 aromatic heterocycles. The Morgan fingerprint density at radius 2 is 2.29 bits per heavy atom. The largest absolute Gasteiger partial charge is 0.286 e. The molecule has 0 amide bonds. The number of alkyl halides is 1. The standard InChI is InChI=1S/C12H18ClN/c1-8-4-5-9-6-10(8)11(7-13)14-12(9,2)3/h9-10H,1,4-7H2,2-3H3/t9-,10-/m0/s1. The molecule has 1 fully saturated rings. The lowest BCUT2D eigenvalue weighted by atomic mass is 9.67. The molecule has 0 spiro atoms. The molecular weight excluding hydrogens is 194 g/mol. The Balaban J connectivity index is 2.36. The quantitative estimate of drug-likeness (QED) is 0.466. The normalized spacial score (nSPS) is 35.4. The topological polar surface area (TPSA) is 12.4 Å². The second-order valence-electron chi connectivity index (χ2n) is 5.07. The van der Waals surface area contributed by atoms with Crippen molar-refractivity contribution in [2.45, 2.75) is 38.6 Å². The van der Waals surface area contributed by atoms with Gasteiger partial charge in [-0.25, -0.2) is 0 Å². The van der Waals surface area contributed by atoms with Crippen LogP contribution in [0, 0.1) is 11.8 Å². The average Bonchev–Trinajstić information content (AvgIpc) is 2.14. The number of hydrogen-bond acceptors (Lipinski definition) is 1. The van der Waals surface area contributed by atoms with Crippen molar-refractivity contribution in [3.63, 3.8) is 0 Å². The highest BCUT2D eigenvalue weighted by molar-refractivity contribution is 6.29. The Morgan fingerprint density at radius 1 is 1.57 bits per heavy atom. The molecule has 0 N–H and O–H groups in total. The maximum atomic E-state index is 5.95. The molecule has 2 heteroatoms. The van der Waals surface area contributed by atoms with E-state index >= 15 is 0 Å². The summed E-state index contributed by atoms with van der Waals surface area (Å²) in [6.07, 6.45) is 3.63. The van der Waals surface area contributed by atoms with Crippen LogP contribution in [0.4, 0.5) is 0 Å². The van der Waals surface area contributed by atoms with Gasteiger partial charge in [0.05, 0.1) is 11.4 Å². The number of nitrogens with zero attached hydrogens (tertiary/aromatic N) is 1. The van der Waals surface area contributed by atoms with Gasteiger partial charge in [0, 0.05) is 11.6 Å². The maximum absolute atomic E-state index is 5.95. The van der Waals surface area contributed by atoms with Gasteiger partial charge in [-0.3, -0.25) is 4.99 Å². The van der Waals surface area contributed by atoms with Crippen molar-refractivity contribution < 1.29 is 0 Å². The Morgan fingerprint density at radius 3 is 2.93 bits per heavy atom. The van der Waals surface area contributed by atoms with E-state index < -0.39 is 0 Å². The molecule has 1 heterocycles. The first-order valence-electron chi connectivity index (χ1n) is 5.37. The minimum atomic E-state index is 0.0986. The summed E-state index contributed by atoms with van der Waals surface area (Å²) in [6.45, 7) is 8.60. The molecule has 1 aliphatic heterocycles. The number of rotatable bonds is 1. The summed E-state index contributed by atoms with van der Waals surface area (Å²) in [5.74, 6) is 1.78. The third-order valence-electron chi connectivity index (χ3n) is 3.80. The number of hydrogen-bond donors (Lipinski definition) is 0. The smallest absolute Gasteiger partial charge is 0.0610 e. The van der Waals surface area contributed by atoms with Crippen LogP contribution in [-0.2, 0) is 0 Å². The van der Waals surface area contributed by atoms with E-state index in [2.05, 4.69) is 20.4 Å². The predicted molar refractivity (Wildman–Crippen MR) is 62.2 cm³/mol. The fourth-order valence-electron chi connectivity index (χ4n) is 2.78. The zero-order chi connectivity index (χ0) is 10.3. The van der Waals surface area contributed by atoms with Crippen LogP contribution < -0.4 is 0 Å². The first kappa shape index (κ1) is 10.2. The zero-order valence-corrected chi connectivity index (χ0v) is 9.77. The van der Waals surface area contributed by atoms with E-state index in [9.17, 15) is 0 Å². The summed E-state index contributed by atoms with van der Waals surface area (Å²) in [5.41, 5.74) is 2.61. The Bertz CT molecular complexity index is 291. The van der Waals surface area contributed by atoms with E-state index in [4.69, 9.17) is 16.6 Å². The van der Waals surface area contributed by atoms with Gasteiger partial charge in [0.25, 0.3) is 0 Å². The molecule has 0 radical (unpaired) electrons. The van der Waals surface area contributed by atoms with Gasteiger partial charge < -0.3 is 0 Å². The van der Waals surface area contributed by atoms with Crippen molar-refractivity contribution in [3.8, 4) is 0 Å². The van der Waals surface area contributed by atoms with Crippen molar-refractivity contribution >= 4 is 17.3 Å². The summed E-state index contributed by atoms with van der Waals surface area (Å²) in [4.78, 5) is 4.79. The Hall–Kier alpha value is -0.300. The second-order valence-corrected chi connectivity index (χ2v) is 5.34. The van der Waals surface area contributed by atoms with Gasteiger partial charge in [-0.15, -0.1) is 11.6 Å². The molecule has 0 aromatic rings. The van der Waals surface area contributed by atoms with Gasteiger partial charge in [-0.2, -0.15) is 0 Å². The molecule has 14 heavy (non-hydrogen) atoms. The highest BCUT2D eigenvalue weighted by Crippen LogP contribution is 2.44. The number of allylic oxidation sites excluding steroid dienone is 1. The fourth-order valence-corrected chi connectivity index (χ4v) is 3.02. The molecule has 0 aromatic carbocycles. The average molecular weight is 212 g/mol. The monoisotopic (exact) mass is 211 g/mol. The van der Waals surface area contributed by atoms with Gasteiger partial charge in [0.2, 0.25) is 0 Å². The number of aliphatic imine (C=N–C) groups is 1. The van der Waals surface area contributed by atoms with E-state index in [0.717, 1.165) is 18.1 Å². The zero-order valence-electron chi connectivity index (χ0n) is 9.02. The van der Waals surface area contributed by atoms with Crippen molar-refractivity contribution in [1.29, 1.82) is 0 Å². The SMILES string of the molecule is C=C1CC[C@H]2C[C@@H]1C(CCl)=NC2(C)C. The summed E-state index contributed by atoms with van der Waals surface area (Å²) in [5, 5.41) is 0.